The van der Waals surface area contributed by atoms with E-state index in [0.717, 1.165) is 22.6 Å². The summed E-state index contributed by atoms with van der Waals surface area (Å²) in [5, 5.41) is 6.43. The maximum Gasteiger partial charge on any atom is 0.355 e. The molecule has 2 amide bonds. The topological polar surface area (TPSA) is 111 Å². The number of nitrogens with zero attached hydrogens (tertiary/aromatic N) is 2. The molecule has 0 bridgehead atoms. The van der Waals surface area contributed by atoms with Crippen LogP contribution in [0.15, 0.2) is 87.4 Å². The van der Waals surface area contributed by atoms with Crippen molar-refractivity contribution in [1.29, 1.82) is 0 Å². The van der Waals surface area contributed by atoms with E-state index in [0.29, 0.717) is 22.8 Å². The molecule has 2 aliphatic heterocycles. The third kappa shape index (κ3) is 6.68. The van der Waals surface area contributed by atoms with Crippen LogP contribution in [0.1, 0.15) is 23.9 Å². The average molecular weight is 592 g/mol. The first-order valence-corrected chi connectivity index (χ1v) is 15.1. The first-order valence-electron chi connectivity index (χ1n) is 13.1. The first kappa shape index (κ1) is 28.6. The summed E-state index contributed by atoms with van der Waals surface area (Å²) in [6.45, 7) is 2.01. The predicted octanol–water partition coefficient (Wildman–Crippen LogP) is 4.45. The molecule has 2 atom stereocenters. The maximum absolute atomic E-state index is 13.4. The number of carbonyl (C=O) groups excluding carboxylic acids is 3. The lowest BCUT2D eigenvalue weighted by molar-refractivity contribution is -0.153. The molecule has 0 radical (unpaired) electrons. The number of carbonyl (C=O) groups is 3. The van der Waals surface area contributed by atoms with Crippen LogP contribution in [0, 0.1) is 0 Å². The van der Waals surface area contributed by atoms with E-state index in [1.54, 1.807) is 31.4 Å². The number of fused-ring (bicyclic) bond motifs is 1. The number of benzene rings is 2. The minimum Gasteiger partial charge on any atom is -0.497 e. The summed E-state index contributed by atoms with van der Waals surface area (Å²) in [5.74, 6) is 0.657. The smallest absolute Gasteiger partial charge is 0.355 e. The summed E-state index contributed by atoms with van der Waals surface area (Å²) in [4.78, 5) is 41.8. The van der Waals surface area contributed by atoms with Gasteiger partial charge < -0.3 is 19.3 Å². The number of allylic oxidation sites excluding steroid dienone is 1. The zero-order valence-corrected chi connectivity index (χ0v) is 24.2. The molecular weight excluding hydrogens is 562 g/mol. The molecule has 2 aliphatic rings. The van der Waals surface area contributed by atoms with Crippen LogP contribution in [-0.4, -0.2) is 57.9 Å². The second kappa shape index (κ2) is 13.1. The van der Waals surface area contributed by atoms with Crippen molar-refractivity contribution in [2.45, 2.75) is 36.3 Å². The number of methoxy groups -OCH3 is 1. The number of esters is 1. The van der Waals surface area contributed by atoms with Crippen molar-refractivity contribution in [3.8, 4) is 5.75 Å². The van der Waals surface area contributed by atoms with Crippen LogP contribution in [0.5, 0.6) is 5.75 Å². The summed E-state index contributed by atoms with van der Waals surface area (Å²) >= 11 is 2.88. The molecule has 1 aromatic heterocycles. The number of thioether (sulfide) groups is 2. The quantitative estimate of drug-likeness (QED) is 0.196. The Balaban J connectivity index is 1.31. The molecule has 0 spiro atoms. The number of hydrogen-bond donors (Lipinski definition) is 1. The molecule has 41 heavy (non-hydrogen) atoms. The Morgan fingerprint density at radius 1 is 1.17 bits per heavy atom. The molecule has 5 rings (SSSR count). The van der Waals surface area contributed by atoms with Gasteiger partial charge in [0.1, 0.15) is 29.5 Å². The number of nitrogens with one attached hydrogen (secondary N) is 1. The van der Waals surface area contributed by atoms with E-state index < -0.39 is 17.4 Å². The van der Waals surface area contributed by atoms with Crippen LogP contribution in [0.3, 0.4) is 0 Å². The van der Waals surface area contributed by atoms with Crippen LogP contribution in [0.4, 0.5) is 0 Å². The highest BCUT2D eigenvalue weighted by molar-refractivity contribution is 8.00. The van der Waals surface area contributed by atoms with Crippen molar-refractivity contribution in [2.24, 2.45) is 0 Å². The monoisotopic (exact) mass is 591 g/mol. The molecule has 1 unspecified atom stereocenters. The highest BCUT2D eigenvalue weighted by Crippen LogP contribution is 2.41. The van der Waals surface area contributed by atoms with Crippen LogP contribution < -0.4 is 10.1 Å². The molecule has 1 saturated heterocycles. The molecule has 9 nitrogen and oxygen atoms in total. The van der Waals surface area contributed by atoms with Crippen LogP contribution in [-0.2, 0) is 32.1 Å². The predicted molar refractivity (Wildman–Crippen MR) is 157 cm³/mol. The van der Waals surface area contributed by atoms with E-state index in [-0.39, 0.29) is 29.9 Å². The summed E-state index contributed by atoms with van der Waals surface area (Å²) < 4.78 is 16.2. The van der Waals surface area contributed by atoms with Crippen LogP contribution >= 0.6 is 23.5 Å². The molecule has 3 aromatic rings. The van der Waals surface area contributed by atoms with E-state index >= 15 is 0 Å². The molecule has 212 valence electrons. The van der Waals surface area contributed by atoms with Crippen molar-refractivity contribution in [1.82, 2.24) is 15.4 Å². The largest absolute Gasteiger partial charge is 0.497 e. The van der Waals surface area contributed by atoms with Crippen molar-refractivity contribution >= 4 is 47.4 Å². The lowest BCUT2D eigenvalue weighted by Crippen LogP contribution is -2.70. The van der Waals surface area contributed by atoms with E-state index in [1.165, 1.54) is 28.4 Å². The molecule has 0 aliphatic carbocycles. The molecular formula is C30H29N3O6S2. The van der Waals surface area contributed by atoms with Gasteiger partial charge in [-0.3, -0.25) is 14.5 Å². The Morgan fingerprint density at radius 2 is 1.95 bits per heavy atom. The van der Waals surface area contributed by atoms with Crippen LogP contribution in [0.2, 0.25) is 0 Å². The summed E-state index contributed by atoms with van der Waals surface area (Å²) in [5.41, 5.74) is 2.39. The van der Waals surface area contributed by atoms with Crippen LogP contribution in [0.25, 0.3) is 6.08 Å². The van der Waals surface area contributed by atoms with Gasteiger partial charge in [-0.1, -0.05) is 48.5 Å². The van der Waals surface area contributed by atoms with E-state index in [1.807, 2.05) is 55.5 Å². The number of amides is 2. The zero-order valence-electron chi connectivity index (χ0n) is 22.6. The number of aryl methyl sites for hydroxylation is 1. The third-order valence-corrected chi connectivity index (χ3v) is 8.85. The summed E-state index contributed by atoms with van der Waals surface area (Å²) in [6, 6.07) is 17.9. The van der Waals surface area contributed by atoms with E-state index in [4.69, 9.17) is 14.0 Å². The van der Waals surface area contributed by atoms with Gasteiger partial charge in [0.05, 0.1) is 18.6 Å². The Bertz CT molecular complexity index is 1470. The highest BCUT2D eigenvalue weighted by atomic mass is 32.2. The Hall–Kier alpha value is -3.96. The van der Waals surface area contributed by atoms with Crippen molar-refractivity contribution in [3.05, 3.63) is 95.0 Å². The first-order chi connectivity index (χ1) is 20.0. The molecule has 0 saturated carbocycles. The third-order valence-electron chi connectivity index (χ3n) is 6.54. The Morgan fingerprint density at radius 3 is 2.66 bits per heavy atom. The highest BCUT2D eigenvalue weighted by Gasteiger charge is 2.54. The standard InChI is InChI=1S/C30H29N3O6S2/c1-3-21-15-23(39-32-21)14-11-20-17-41-29-26(31-25(34)18-40-24-7-5-4-6-8-24)28(35)33(29)27(20)30(36)38-16-19-9-12-22(37-2)13-10-19/h4-15,26,29H,3,16-18H2,1-2H3,(H,31,34)/b14-11+/t26-,29?/m1/s1. The van der Waals surface area contributed by atoms with Crippen molar-refractivity contribution < 1.29 is 28.4 Å². The van der Waals surface area contributed by atoms with Gasteiger partial charge in [-0.15, -0.1) is 23.5 Å². The van der Waals surface area contributed by atoms with Gasteiger partial charge in [-0.25, -0.2) is 4.79 Å². The number of rotatable bonds is 11. The fourth-order valence-electron chi connectivity index (χ4n) is 4.34. The number of aromatic nitrogens is 1. The Labute approximate surface area is 246 Å². The Kier molecular flexibility index (Phi) is 9.15. The lowest BCUT2D eigenvalue weighted by Gasteiger charge is -2.49. The molecule has 1 fully saturated rings. The molecule has 3 heterocycles. The van der Waals surface area contributed by atoms with Gasteiger partial charge in [-0.2, -0.15) is 0 Å². The van der Waals surface area contributed by atoms with Gasteiger partial charge in [0.25, 0.3) is 5.91 Å². The zero-order chi connectivity index (χ0) is 28.8. The van der Waals surface area contributed by atoms with Gasteiger partial charge >= 0.3 is 5.97 Å². The maximum atomic E-state index is 13.4. The molecule has 1 N–H and O–H groups in total. The fourth-order valence-corrected chi connectivity index (χ4v) is 6.39. The molecule has 2 aromatic carbocycles. The summed E-state index contributed by atoms with van der Waals surface area (Å²) in [6.07, 6.45) is 4.21. The van der Waals surface area contributed by atoms with Crippen molar-refractivity contribution in [2.75, 3.05) is 18.6 Å². The van der Waals surface area contributed by atoms with Gasteiger partial charge in [0.2, 0.25) is 5.91 Å². The van der Waals surface area contributed by atoms with E-state index in [2.05, 4.69) is 10.5 Å². The lowest BCUT2D eigenvalue weighted by atomic mass is 10.0. The number of ether oxygens (including phenoxy) is 2. The summed E-state index contributed by atoms with van der Waals surface area (Å²) in [7, 11) is 1.58. The fraction of sp³-hybridized carbons (Fsp3) is 0.267. The SMILES string of the molecule is CCc1cc(/C=C/C2=C(C(=O)OCc3ccc(OC)cc3)N3C(=O)[C@@H](NC(=O)CSc4ccccc4)C3SC2)on1. The second-order valence-corrected chi connectivity index (χ2v) is 11.4. The minimum absolute atomic E-state index is 0.0298. The van der Waals surface area contributed by atoms with Gasteiger partial charge in [0.15, 0.2) is 5.76 Å². The number of hydrogen-bond acceptors (Lipinski definition) is 9. The average Bonchev–Trinajstić information content (AvgIpc) is 3.49. The van der Waals surface area contributed by atoms with Gasteiger partial charge in [-0.05, 0) is 47.9 Å². The van der Waals surface area contributed by atoms with Gasteiger partial charge in [0, 0.05) is 16.7 Å². The normalized spacial score (nSPS) is 18.2. The van der Waals surface area contributed by atoms with E-state index in [9.17, 15) is 14.4 Å². The van der Waals surface area contributed by atoms with Crippen molar-refractivity contribution in [3.63, 3.8) is 0 Å². The second-order valence-electron chi connectivity index (χ2n) is 9.26. The molecule has 11 heteroatoms. The number of β-lactam (4-membered cyclic amide) rings is 1. The minimum atomic E-state index is -0.722.